The Morgan fingerprint density at radius 3 is 2.59 bits per heavy atom. The lowest BCUT2D eigenvalue weighted by Crippen LogP contribution is -2.25. The van der Waals surface area contributed by atoms with Gasteiger partial charge in [-0.1, -0.05) is 23.7 Å². The number of carbonyl (C=O) groups is 1. The number of rotatable bonds is 4. The van der Waals surface area contributed by atoms with E-state index in [1.165, 1.54) is 0 Å². The van der Waals surface area contributed by atoms with E-state index in [0.717, 1.165) is 11.1 Å². The maximum Gasteiger partial charge on any atom is 0.277 e. The van der Waals surface area contributed by atoms with Gasteiger partial charge < -0.3 is 9.88 Å². The molecule has 0 fully saturated rings. The molecule has 0 saturated heterocycles. The van der Waals surface area contributed by atoms with Crippen molar-refractivity contribution < 1.29 is 4.79 Å². The van der Waals surface area contributed by atoms with Crippen molar-refractivity contribution in [2.24, 2.45) is 0 Å². The Hall–Kier alpha value is -3.12. The third-order valence-electron chi connectivity index (χ3n) is 4.55. The molecular formula is C20H17ClN4O2. The summed E-state index contributed by atoms with van der Waals surface area (Å²) in [5, 5.41) is 7.78. The quantitative estimate of drug-likeness (QED) is 0.591. The number of nitrogens with zero attached hydrogens (tertiary/aromatic N) is 3. The lowest BCUT2D eigenvalue weighted by atomic mass is 10.1. The fourth-order valence-corrected chi connectivity index (χ4v) is 3.29. The van der Waals surface area contributed by atoms with Crippen LogP contribution in [0, 0.1) is 0 Å². The van der Waals surface area contributed by atoms with Gasteiger partial charge in [-0.15, -0.1) is 0 Å². The lowest BCUT2D eigenvalue weighted by molar-refractivity contribution is 0.0951. The largest absolute Gasteiger partial charge is 0.348 e. The predicted octanol–water partition coefficient (Wildman–Crippen LogP) is 3.25. The highest BCUT2D eigenvalue weighted by molar-refractivity contribution is 6.30. The summed E-state index contributed by atoms with van der Waals surface area (Å²) in [7, 11) is 0. The molecule has 2 aromatic carbocycles. The van der Waals surface area contributed by atoms with Crippen LogP contribution in [-0.4, -0.2) is 20.1 Å². The number of aryl methyl sites for hydroxylation is 1. The first-order valence-electron chi connectivity index (χ1n) is 8.61. The van der Waals surface area contributed by atoms with Crippen LogP contribution in [0.5, 0.6) is 0 Å². The molecule has 0 unspecified atom stereocenters. The second kappa shape index (κ2) is 6.89. The predicted molar refractivity (Wildman–Crippen MR) is 105 cm³/mol. The highest BCUT2D eigenvalue weighted by atomic mass is 35.5. The van der Waals surface area contributed by atoms with Crippen molar-refractivity contribution >= 4 is 34.1 Å². The highest BCUT2D eigenvalue weighted by Crippen LogP contribution is 2.17. The monoisotopic (exact) mass is 380 g/mol. The number of fused-ring (bicyclic) bond motifs is 3. The number of aromatic nitrogens is 3. The second-order valence-corrected chi connectivity index (χ2v) is 6.63. The van der Waals surface area contributed by atoms with Gasteiger partial charge in [-0.2, -0.15) is 5.10 Å². The van der Waals surface area contributed by atoms with E-state index >= 15 is 0 Å². The van der Waals surface area contributed by atoms with Gasteiger partial charge in [0.15, 0.2) is 0 Å². The molecule has 2 aromatic heterocycles. The molecular weight excluding hydrogens is 364 g/mol. The topological polar surface area (TPSA) is 68.4 Å². The third-order valence-corrected chi connectivity index (χ3v) is 4.80. The van der Waals surface area contributed by atoms with Crippen molar-refractivity contribution in [2.75, 3.05) is 0 Å². The maximum atomic E-state index is 12.6. The average molecular weight is 381 g/mol. The summed E-state index contributed by atoms with van der Waals surface area (Å²) in [6, 6.07) is 14.3. The normalized spacial score (nSPS) is 11.2. The molecule has 27 heavy (non-hydrogen) atoms. The molecule has 7 heteroatoms. The first-order valence-corrected chi connectivity index (χ1v) is 8.99. The average Bonchev–Trinajstić information content (AvgIpc) is 3.18. The molecule has 0 saturated carbocycles. The van der Waals surface area contributed by atoms with Crippen molar-refractivity contribution in [3.05, 3.63) is 81.2 Å². The first-order chi connectivity index (χ1) is 13.1. The van der Waals surface area contributed by atoms with Crippen LogP contribution in [0.1, 0.15) is 22.8 Å². The van der Waals surface area contributed by atoms with Crippen LogP contribution in [-0.2, 0) is 13.1 Å². The van der Waals surface area contributed by atoms with Crippen molar-refractivity contribution in [1.82, 2.24) is 19.5 Å². The van der Waals surface area contributed by atoms with Crippen molar-refractivity contribution in [2.45, 2.75) is 20.0 Å². The molecule has 136 valence electrons. The summed E-state index contributed by atoms with van der Waals surface area (Å²) < 4.78 is 3.27. The van der Waals surface area contributed by atoms with Gasteiger partial charge in [0.05, 0.1) is 17.2 Å². The van der Waals surface area contributed by atoms with E-state index in [1.54, 1.807) is 45.6 Å². The van der Waals surface area contributed by atoms with E-state index in [9.17, 15) is 9.59 Å². The SMILES string of the molecule is CCn1c(=O)c2ccnn2c2ccc(C(=O)NCc3ccc(Cl)cc3)cc21. The summed E-state index contributed by atoms with van der Waals surface area (Å²) >= 11 is 5.88. The number of nitrogens with one attached hydrogen (secondary N) is 1. The maximum absolute atomic E-state index is 12.6. The molecule has 0 spiro atoms. The van der Waals surface area contributed by atoms with Gasteiger partial charge in [0.1, 0.15) is 5.52 Å². The van der Waals surface area contributed by atoms with Gasteiger partial charge in [-0.05, 0) is 48.9 Å². The minimum absolute atomic E-state index is 0.124. The van der Waals surface area contributed by atoms with E-state index in [2.05, 4.69) is 10.4 Å². The summed E-state index contributed by atoms with van der Waals surface area (Å²) in [5.74, 6) is -0.206. The van der Waals surface area contributed by atoms with Crippen LogP contribution < -0.4 is 10.9 Å². The van der Waals surface area contributed by atoms with E-state index < -0.39 is 0 Å². The van der Waals surface area contributed by atoms with Crippen LogP contribution in [0.15, 0.2) is 59.5 Å². The molecule has 4 aromatic rings. The van der Waals surface area contributed by atoms with Crippen LogP contribution in [0.25, 0.3) is 16.6 Å². The van der Waals surface area contributed by atoms with Gasteiger partial charge in [-0.25, -0.2) is 4.52 Å². The summed E-state index contributed by atoms with van der Waals surface area (Å²) in [4.78, 5) is 25.2. The second-order valence-electron chi connectivity index (χ2n) is 6.19. The number of carbonyl (C=O) groups excluding carboxylic acids is 1. The number of halogens is 1. The number of amides is 1. The summed E-state index contributed by atoms with van der Waals surface area (Å²) in [5.41, 5.74) is 3.30. The van der Waals surface area contributed by atoms with E-state index in [1.807, 2.05) is 25.1 Å². The Labute approximate surface area is 160 Å². The fourth-order valence-electron chi connectivity index (χ4n) is 3.17. The molecule has 1 N–H and O–H groups in total. The molecule has 4 rings (SSSR count). The Morgan fingerprint density at radius 1 is 1.07 bits per heavy atom. The van der Waals surface area contributed by atoms with Gasteiger partial charge in [0, 0.05) is 23.7 Å². The van der Waals surface area contributed by atoms with E-state index in [0.29, 0.717) is 34.7 Å². The zero-order chi connectivity index (χ0) is 19.0. The van der Waals surface area contributed by atoms with Crippen molar-refractivity contribution in [3.8, 4) is 0 Å². The van der Waals surface area contributed by atoms with Gasteiger partial charge in [0.25, 0.3) is 11.5 Å². The smallest absolute Gasteiger partial charge is 0.277 e. The molecule has 0 atom stereocenters. The molecule has 2 heterocycles. The lowest BCUT2D eigenvalue weighted by Gasteiger charge is -2.12. The number of benzene rings is 2. The third kappa shape index (κ3) is 3.08. The Bertz CT molecular complexity index is 1210. The molecule has 0 aliphatic heterocycles. The van der Waals surface area contributed by atoms with Crippen LogP contribution >= 0.6 is 11.6 Å². The minimum atomic E-state index is -0.206. The van der Waals surface area contributed by atoms with E-state index in [-0.39, 0.29) is 11.5 Å². The Balaban J connectivity index is 1.70. The molecule has 0 bridgehead atoms. The van der Waals surface area contributed by atoms with Gasteiger partial charge >= 0.3 is 0 Å². The van der Waals surface area contributed by atoms with Gasteiger partial charge in [-0.3, -0.25) is 9.59 Å². The Kier molecular flexibility index (Phi) is 4.41. The number of hydrogen-bond acceptors (Lipinski definition) is 3. The zero-order valence-electron chi connectivity index (χ0n) is 14.6. The van der Waals surface area contributed by atoms with Crippen molar-refractivity contribution in [3.63, 3.8) is 0 Å². The molecule has 6 nitrogen and oxygen atoms in total. The fraction of sp³-hybridized carbons (Fsp3) is 0.150. The van der Waals surface area contributed by atoms with Gasteiger partial charge in [0.2, 0.25) is 0 Å². The first kappa shape index (κ1) is 17.3. The van der Waals surface area contributed by atoms with Crippen LogP contribution in [0.4, 0.5) is 0 Å². The summed E-state index contributed by atoms with van der Waals surface area (Å²) in [6.07, 6.45) is 1.60. The Morgan fingerprint density at radius 2 is 1.85 bits per heavy atom. The van der Waals surface area contributed by atoms with Crippen LogP contribution in [0.3, 0.4) is 0 Å². The number of hydrogen-bond donors (Lipinski definition) is 1. The minimum Gasteiger partial charge on any atom is -0.348 e. The highest BCUT2D eigenvalue weighted by Gasteiger charge is 2.13. The van der Waals surface area contributed by atoms with E-state index in [4.69, 9.17) is 11.6 Å². The molecule has 0 aliphatic rings. The van der Waals surface area contributed by atoms with Crippen molar-refractivity contribution in [1.29, 1.82) is 0 Å². The van der Waals surface area contributed by atoms with Crippen LogP contribution in [0.2, 0.25) is 5.02 Å². The molecule has 0 aliphatic carbocycles. The molecule has 1 amide bonds. The summed E-state index contributed by atoms with van der Waals surface area (Å²) in [6.45, 7) is 2.81. The molecule has 0 radical (unpaired) electrons. The zero-order valence-corrected chi connectivity index (χ0v) is 15.4. The standard InChI is InChI=1S/C20H17ClN4O2/c1-2-24-18-11-14(19(26)22-12-13-3-6-15(21)7-4-13)5-8-16(18)25-17(20(24)27)9-10-23-25/h3-11H,2,12H2,1H3,(H,22,26).